The topological polar surface area (TPSA) is 59.9 Å². The Labute approximate surface area is 167 Å². The molecule has 0 aliphatic carbocycles. The highest BCUT2D eigenvalue weighted by Crippen LogP contribution is 2.27. The van der Waals surface area contributed by atoms with Crippen molar-refractivity contribution in [1.29, 1.82) is 0 Å². The molecule has 0 radical (unpaired) electrons. The monoisotopic (exact) mass is 382 g/mol. The number of hydrogen-bond donors (Lipinski definition) is 1. The van der Waals surface area contributed by atoms with E-state index >= 15 is 0 Å². The van der Waals surface area contributed by atoms with Gasteiger partial charge >= 0.3 is 0 Å². The van der Waals surface area contributed by atoms with Gasteiger partial charge in [-0.15, -0.1) is 0 Å². The van der Waals surface area contributed by atoms with E-state index in [4.69, 9.17) is 9.47 Å². The van der Waals surface area contributed by atoms with Gasteiger partial charge in [0, 0.05) is 0 Å². The fourth-order valence-corrected chi connectivity index (χ4v) is 2.58. The number of aryl methyl sites for hydroxylation is 1. The number of hydrazone groups is 1. The summed E-state index contributed by atoms with van der Waals surface area (Å²) in [5.41, 5.74) is 5.56. The molecule has 0 bridgehead atoms. The third-order valence-corrected chi connectivity index (χ3v) is 4.20. The van der Waals surface area contributed by atoms with Gasteiger partial charge in [0.1, 0.15) is 11.5 Å². The van der Waals surface area contributed by atoms with Gasteiger partial charge in [-0.2, -0.15) is 5.10 Å². The Morgan fingerprint density at radius 3 is 2.57 bits per heavy atom. The highest BCUT2D eigenvalue weighted by molar-refractivity contribution is 5.83. The molecule has 2 aromatic rings. The molecule has 2 rings (SSSR count). The Morgan fingerprint density at radius 2 is 1.89 bits per heavy atom. The van der Waals surface area contributed by atoms with E-state index in [0.29, 0.717) is 5.92 Å². The van der Waals surface area contributed by atoms with Crippen molar-refractivity contribution in [2.75, 3.05) is 13.2 Å². The summed E-state index contributed by atoms with van der Waals surface area (Å²) in [5.74, 6) is 1.60. The summed E-state index contributed by atoms with van der Waals surface area (Å²) < 4.78 is 11.3. The van der Waals surface area contributed by atoms with Crippen LogP contribution in [-0.4, -0.2) is 25.3 Å². The Bertz CT molecular complexity index is 783. The average molecular weight is 383 g/mol. The quantitative estimate of drug-likeness (QED) is 0.364. The summed E-state index contributed by atoms with van der Waals surface area (Å²) in [6, 6.07) is 13.6. The summed E-state index contributed by atoms with van der Waals surface area (Å²) in [5, 5.41) is 3.99. The highest BCUT2D eigenvalue weighted by Gasteiger charge is 2.10. The number of nitrogens with one attached hydrogen (secondary N) is 1. The van der Waals surface area contributed by atoms with Crippen LogP contribution in [0.15, 0.2) is 47.6 Å². The van der Waals surface area contributed by atoms with Crippen LogP contribution in [0.4, 0.5) is 0 Å². The summed E-state index contributed by atoms with van der Waals surface area (Å²) in [6.45, 7) is 8.97. The average Bonchev–Trinajstić information content (AvgIpc) is 2.67. The van der Waals surface area contributed by atoms with Crippen molar-refractivity contribution in [1.82, 2.24) is 5.43 Å². The molecule has 0 unspecified atom stereocenters. The number of rotatable bonds is 10. The maximum absolute atomic E-state index is 12.0. The van der Waals surface area contributed by atoms with E-state index in [1.165, 1.54) is 0 Å². The standard InChI is InChI=1S/C23H30N2O3/c1-5-6-13-27-20-10-8-19(9-11-20)15-24-25-23(26)16-28-22-14-18(4)7-12-21(22)17(2)3/h7-12,14-15,17H,5-6,13,16H2,1-4H3,(H,25,26)/b24-15-. The van der Waals surface area contributed by atoms with E-state index in [1.54, 1.807) is 6.21 Å². The van der Waals surface area contributed by atoms with Crippen molar-refractivity contribution in [2.45, 2.75) is 46.5 Å². The Hall–Kier alpha value is -2.82. The lowest BCUT2D eigenvalue weighted by molar-refractivity contribution is -0.123. The molecule has 150 valence electrons. The van der Waals surface area contributed by atoms with Gasteiger partial charge in [0.25, 0.3) is 5.91 Å². The first-order chi connectivity index (χ1) is 13.5. The van der Waals surface area contributed by atoms with Gasteiger partial charge in [-0.05, 0) is 66.3 Å². The SMILES string of the molecule is CCCCOc1ccc(/C=N\NC(=O)COc2cc(C)ccc2C(C)C)cc1. The van der Waals surface area contributed by atoms with Crippen molar-refractivity contribution in [3.8, 4) is 11.5 Å². The molecule has 1 amide bonds. The minimum atomic E-state index is -0.299. The van der Waals surface area contributed by atoms with Crippen molar-refractivity contribution in [3.05, 3.63) is 59.2 Å². The molecule has 0 fully saturated rings. The zero-order valence-corrected chi connectivity index (χ0v) is 17.2. The molecular formula is C23H30N2O3. The van der Waals surface area contributed by atoms with E-state index in [2.05, 4.69) is 31.3 Å². The molecule has 0 saturated carbocycles. The number of carbonyl (C=O) groups excluding carboxylic acids is 1. The van der Waals surface area contributed by atoms with Crippen LogP contribution < -0.4 is 14.9 Å². The van der Waals surface area contributed by atoms with Crippen LogP contribution in [0, 0.1) is 6.92 Å². The predicted octanol–water partition coefficient (Wildman–Crippen LogP) is 4.83. The molecule has 5 heteroatoms. The van der Waals surface area contributed by atoms with Gasteiger partial charge in [0.15, 0.2) is 6.61 Å². The second kappa shape index (κ2) is 11.1. The van der Waals surface area contributed by atoms with Gasteiger partial charge < -0.3 is 9.47 Å². The van der Waals surface area contributed by atoms with Crippen LogP contribution in [0.5, 0.6) is 11.5 Å². The summed E-state index contributed by atoms with van der Waals surface area (Å²) in [6.07, 6.45) is 3.75. The van der Waals surface area contributed by atoms with Crippen molar-refractivity contribution in [3.63, 3.8) is 0 Å². The molecule has 0 spiro atoms. The molecule has 0 atom stereocenters. The fraction of sp³-hybridized carbons (Fsp3) is 0.391. The molecule has 28 heavy (non-hydrogen) atoms. The number of hydrogen-bond acceptors (Lipinski definition) is 4. The molecule has 0 aliphatic heterocycles. The third kappa shape index (κ3) is 7.06. The lowest BCUT2D eigenvalue weighted by Gasteiger charge is -2.14. The van der Waals surface area contributed by atoms with E-state index in [9.17, 15) is 4.79 Å². The first-order valence-electron chi connectivity index (χ1n) is 9.77. The zero-order valence-electron chi connectivity index (χ0n) is 17.2. The molecule has 0 saturated heterocycles. The van der Waals surface area contributed by atoms with Crippen LogP contribution in [0.2, 0.25) is 0 Å². The van der Waals surface area contributed by atoms with Crippen LogP contribution >= 0.6 is 0 Å². The van der Waals surface area contributed by atoms with Crippen molar-refractivity contribution < 1.29 is 14.3 Å². The first-order valence-corrected chi connectivity index (χ1v) is 9.77. The van der Waals surface area contributed by atoms with Crippen LogP contribution in [0.25, 0.3) is 0 Å². The lowest BCUT2D eigenvalue weighted by Crippen LogP contribution is -2.25. The van der Waals surface area contributed by atoms with Gasteiger partial charge in [0.2, 0.25) is 0 Å². The molecule has 0 aliphatic rings. The molecule has 0 heterocycles. The number of amides is 1. The van der Waals surface area contributed by atoms with Gasteiger partial charge in [0.05, 0.1) is 12.8 Å². The minimum absolute atomic E-state index is 0.0787. The third-order valence-electron chi connectivity index (χ3n) is 4.20. The van der Waals surface area contributed by atoms with Gasteiger partial charge in [-0.1, -0.05) is 39.3 Å². The zero-order chi connectivity index (χ0) is 20.4. The molecule has 0 aromatic heterocycles. The van der Waals surface area contributed by atoms with Crippen LogP contribution in [0.3, 0.4) is 0 Å². The number of ether oxygens (including phenoxy) is 2. The molecule has 1 N–H and O–H groups in total. The molecule has 5 nitrogen and oxygen atoms in total. The van der Waals surface area contributed by atoms with Gasteiger partial charge in [-0.25, -0.2) is 5.43 Å². The first kappa shape index (κ1) is 21.5. The summed E-state index contributed by atoms with van der Waals surface area (Å²) >= 11 is 0. The normalized spacial score (nSPS) is 11.0. The largest absolute Gasteiger partial charge is 0.494 e. The molecule has 2 aromatic carbocycles. The number of nitrogens with zero attached hydrogens (tertiary/aromatic N) is 1. The summed E-state index contributed by atoms with van der Waals surface area (Å²) in [7, 11) is 0. The Balaban J connectivity index is 1.82. The minimum Gasteiger partial charge on any atom is -0.494 e. The predicted molar refractivity (Wildman–Crippen MR) is 113 cm³/mol. The number of unbranched alkanes of at least 4 members (excludes halogenated alkanes) is 1. The maximum Gasteiger partial charge on any atom is 0.277 e. The lowest BCUT2D eigenvalue weighted by atomic mass is 10.0. The van der Waals surface area contributed by atoms with E-state index in [-0.39, 0.29) is 12.5 Å². The summed E-state index contributed by atoms with van der Waals surface area (Å²) in [4.78, 5) is 12.0. The van der Waals surface area contributed by atoms with Crippen LogP contribution in [-0.2, 0) is 4.79 Å². The number of benzene rings is 2. The van der Waals surface area contributed by atoms with E-state index in [1.807, 2.05) is 49.4 Å². The Kier molecular flexibility index (Phi) is 8.53. The highest BCUT2D eigenvalue weighted by atomic mass is 16.5. The van der Waals surface area contributed by atoms with Crippen molar-refractivity contribution >= 4 is 12.1 Å². The van der Waals surface area contributed by atoms with Crippen molar-refractivity contribution in [2.24, 2.45) is 5.10 Å². The second-order valence-corrected chi connectivity index (χ2v) is 7.05. The Morgan fingerprint density at radius 1 is 1.14 bits per heavy atom. The molecular weight excluding hydrogens is 352 g/mol. The van der Waals surface area contributed by atoms with Gasteiger partial charge in [-0.3, -0.25) is 4.79 Å². The number of carbonyl (C=O) groups is 1. The maximum atomic E-state index is 12.0. The van der Waals surface area contributed by atoms with E-state index < -0.39 is 0 Å². The second-order valence-electron chi connectivity index (χ2n) is 7.05. The smallest absolute Gasteiger partial charge is 0.277 e. The fourth-order valence-electron chi connectivity index (χ4n) is 2.58. The van der Waals surface area contributed by atoms with E-state index in [0.717, 1.165) is 47.6 Å². The van der Waals surface area contributed by atoms with Crippen LogP contribution in [0.1, 0.15) is 56.2 Å².